The van der Waals surface area contributed by atoms with Crippen molar-refractivity contribution in [3.05, 3.63) is 22.2 Å². The summed E-state index contributed by atoms with van der Waals surface area (Å²) in [5, 5.41) is 14.5. The number of methoxy groups -OCH3 is 2. The fourth-order valence-electron chi connectivity index (χ4n) is 2.78. The summed E-state index contributed by atoms with van der Waals surface area (Å²) in [5.74, 6) is 0.855. The van der Waals surface area contributed by atoms with Crippen LogP contribution in [0.3, 0.4) is 0 Å². The number of hydrogen-bond acceptors (Lipinski definition) is 5. The van der Waals surface area contributed by atoms with E-state index >= 15 is 0 Å². The Morgan fingerprint density at radius 2 is 1.90 bits per heavy atom. The van der Waals surface area contributed by atoms with Crippen LogP contribution in [0.2, 0.25) is 0 Å². The van der Waals surface area contributed by atoms with Crippen LogP contribution in [-0.4, -0.2) is 25.7 Å². The summed E-state index contributed by atoms with van der Waals surface area (Å²) in [7, 11) is 2.99. The van der Waals surface area contributed by atoms with E-state index in [2.05, 4.69) is 12.2 Å². The van der Waals surface area contributed by atoms with Crippen molar-refractivity contribution in [2.75, 3.05) is 26.1 Å². The molecule has 0 atom stereocenters. The fourth-order valence-corrected chi connectivity index (χ4v) is 2.78. The number of benzene rings is 1. The Balaban J connectivity index is 2.26. The molecular formula is C15H22N2O4. The Kier molecular flexibility index (Phi) is 4.55. The van der Waals surface area contributed by atoms with Gasteiger partial charge in [-0.05, 0) is 24.7 Å². The molecule has 6 nitrogen and oxygen atoms in total. The zero-order chi connectivity index (χ0) is 15.5. The summed E-state index contributed by atoms with van der Waals surface area (Å²) in [4.78, 5) is 10.8. The first-order valence-electron chi connectivity index (χ1n) is 7.19. The third-order valence-electron chi connectivity index (χ3n) is 4.52. The molecule has 1 aromatic rings. The molecule has 0 amide bonds. The van der Waals surface area contributed by atoms with Gasteiger partial charge in [0.15, 0.2) is 11.5 Å². The number of anilines is 1. The van der Waals surface area contributed by atoms with Crippen LogP contribution in [0.5, 0.6) is 11.5 Å². The molecule has 1 N–H and O–H groups in total. The highest BCUT2D eigenvalue weighted by atomic mass is 16.6. The molecule has 0 saturated heterocycles. The Morgan fingerprint density at radius 1 is 1.29 bits per heavy atom. The number of ether oxygens (including phenoxy) is 2. The SMILES string of the molecule is CCC1(CNc2cc(OC)c(OC)cc2[N+](=O)[O-])CCC1. The summed E-state index contributed by atoms with van der Waals surface area (Å²) in [6.07, 6.45) is 4.68. The van der Waals surface area contributed by atoms with Crippen LogP contribution < -0.4 is 14.8 Å². The van der Waals surface area contributed by atoms with Crippen LogP contribution in [0.25, 0.3) is 0 Å². The highest BCUT2D eigenvalue weighted by Gasteiger charge is 2.35. The normalized spacial score (nSPS) is 16.0. The Bertz CT molecular complexity index is 521. The number of nitrogens with one attached hydrogen (secondary N) is 1. The van der Waals surface area contributed by atoms with Crippen molar-refractivity contribution in [1.29, 1.82) is 0 Å². The molecule has 0 aliphatic heterocycles. The topological polar surface area (TPSA) is 73.6 Å². The van der Waals surface area contributed by atoms with Crippen LogP contribution in [0, 0.1) is 15.5 Å². The molecule has 2 rings (SSSR count). The lowest BCUT2D eigenvalue weighted by molar-refractivity contribution is -0.384. The van der Waals surface area contributed by atoms with Crippen molar-refractivity contribution in [3.8, 4) is 11.5 Å². The van der Waals surface area contributed by atoms with E-state index in [-0.39, 0.29) is 11.1 Å². The van der Waals surface area contributed by atoms with Crippen LogP contribution in [0.1, 0.15) is 32.6 Å². The van der Waals surface area contributed by atoms with Crippen molar-refractivity contribution in [1.82, 2.24) is 0 Å². The van der Waals surface area contributed by atoms with Gasteiger partial charge >= 0.3 is 0 Å². The van der Waals surface area contributed by atoms with Crippen molar-refractivity contribution < 1.29 is 14.4 Å². The minimum absolute atomic E-state index is 0.0122. The molecule has 1 aliphatic rings. The molecule has 6 heteroatoms. The largest absolute Gasteiger partial charge is 0.493 e. The number of nitro groups is 1. The Morgan fingerprint density at radius 3 is 2.33 bits per heavy atom. The van der Waals surface area contributed by atoms with Crippen LogP contribution >= 0.6 is 0 Å². The van der Waals surface area contributed by atoms with Gasteiger partial charge in [0.2, 0.25) is 0 Å². The standard InChI is InChI=1S/C15H22N2O4/c1-4-15(6-5-7-15)10-16-11-8-13(20-2)14(21-3)9-12(11)17(18)19/h8-9,16H,4-7,10H2,1-3H3. The maximum absolute atomic E-state index is 11.2. The average molecular weight is 294 g/mol. The molecule has 1 aliphatic carbocycles. The summed E-state index contributed by atoms with van der Waals surface area (Å²) in [6.45, 7) is 2.92. The molecular weight excluding hydrogens is 272 g/mol. The lowest BCUT2D eigenvalue weighted by atomic mass is 9.67. The Hall–Kier alpha value is -1.98. The highest BCUT2D eigenvalue weighted by molar-refractivity contribution is 5.68. The third-order valence-corrected chi connectivity index (χ3v) is 4.52. The van der Waals surface area contributed by atoms with Crippen molar-refractivity contribution >= 4 is 11.4 Å². The summed E-state index contributed by atoms with van der Waals surface area (Å²) < 4.78 is 10.3. The number of rotatable bonds is 7. The van der Waals surface area contributed by atoms with Gasteiger partial charge in [-0.1, -0.05) is 13.3 Å². The van der Waals surface area contributed by atoms with E-state index in [1.807, 2.05) is 0 Å². The van der Waals surface area contributed by atoms with E-state index in [0.717, 1.165) is 13.0 Å². The smallest absolute Gasteiger partial charge is 0.296 e. The first-order valence-corrected chi connectivity index (χ1v) is 7.19. The van der Waals surface area contributed by atoms with E-state index in [0.29, 0.717) is 17.2 Å². The second-order valence-corrected chi connectivity index (χ2v) is 5.54. The minimum Gasteiger partial charge on any atom is -0.493 e. The van der Waals surface area contributed by atoms with E-state index in [1.165, 1.54) is 39.5 Å². The van der Waals surface area contributed by atoms with Gasteiger partial charge in [0.05, 0.1) is 25.2 Å². The lowest BCUT2D eigenvalue weighted by Crippen LogP contribution is -2.35. The van der Waals surface area contributed by atoms with Gasteiger partial charge in [-0.2, -0.15) is 0 Å². The molecule has 1 fully saturated rings. The number of nitro benzene ring substituents is 1. The minimum atomic E-state index is -0.399. The summed E-state index contributed by atoms with van der Waals surface area (Å²) in [5.41, 5.74) is 0.775. The van der Waals surface area contributed by atoms with Crippen molar-refractivity contribution in [2.45, 2.75) is 32.6 Å². The zero-order valence-electron chi connectivity index (χ0n) is 12.8. The first-order chi connectivity index (χ1) is 10.0. The maximum atomic E-state index is 11.2. The maximum Gasteiger partial charge on any atom is 0.296 e. The van der Waals surface area contributed by atoms with Crippen LogP contribution in [0.15, 0.2) is 12.1 Å². The van der Waals surface area contributed by atoms with E-state index in [9.17, 15) is 10.1 Å². The summed E-state index contributed by atoms with van der Waals surface area (Å²) >= 11 is 0. The van der Waals surface area contributed by atoms with Gasteiger partial charge in [-0.3, -0.25) is 10.1 Å². The predicted molar refractivity (Wildman–Crippen MR) is 81.3 cm³/mol. The molecule has 0 aromatic heterocycles. The molecule has 21 heavy (non-hydrogen) atoms. The van der Waals surface area contributed by atoms with Gasteiger partial charge in [0.25, 0.3) is 5.69 Å². The highest BCUT2D eigenvalue weighted by Crippen LogP contribution is 2.45. The monoisotopic (exact) mass is 294 g/mol. The third kappa shape index (κ3) is 3.04. The summed E-state index contributed by atoms with van der Waals surface area (Å²) in [6, 6.07) is 3.04. The molecule has 116 valence electrons. The number of hydrogen-bond donors (Lipinski definition) is 1. The van der Waals surface area contributed by atoms with Crippen LogP contribution in [-0.2, 0) is 0 Å². The molecule has 0 bridgehead atoms. The zero-order valence-corrected chi connectivity index (χ0v) is 12.8. The molecule has 0 unspecified atom stereocenters. The first kappa shape index (κ1) is 15.4. The second-order valence-electron chi connectivity index (χ2n) is 5.54. The molecule has 1 saturated carbocycles. The van der Waals surface area contributed by atoms with Gasteiger partial charge < -0.3 is 14.8 Å². The van der Waals surface area contributed by atoms with Gasteiger partial charge in [-0.15, -0.1) is 0 Å². The average Bonchev–Trinajstić information content (AvgIpc) is 2.45. The second kappa shape index (κ2) is 6.20. The molecule has 0 spiro atoms. The van der Waals surface area contributed by atoms with Crippen molar-refractivity contribution in [3.63, 3.8) is 0 Å². The van der Waals surface area contributed by atoms with E-state index in [1.54, 1.807) is 6.07 Å². The lowest BCUT2D eigenvalue weighted by Gasteiger charge is -2.41. The molecule has 0 radical (unpaired) electrons. The van der Waals surface area contributed by atoms with Crippen molar-refractivity contribution in [2.24, 2.45) is 5.41 Å². The Labute approximate surface area is 124 Å². The van der Waals surface area contributed by atoms with Gasteiger partial charge in [-0.25, -0.2) is 0 Å². The fraction of sp³-hybridized carbons (Fsp3) is 0.600. The van der Waals surface area contributed by atoms with Crippen LogP contribution in [0.4, 0.5) is 11.4 Å². The van der Waals surface area contributed by atoms with Gasteiger partial charge in [0, 0.05) is 12.6 Å². The van der Waals surface area contributed by atoms with E-state index < -0.39 is 4.92 Å². The van der Waals surface area contributed by atoms with Gasteiger partial charge in [0.1, 0.15) is 5.69 Å². The molecule has 0 heterocycles. The molecule has 1 aromatic carbocycles. The quantitative estimate of drug-likeness (QED) is 0.614. The predicted octanol–water partition coefficient (Wildman–Crippen LogP) is 3.60. The van der Waals surface area contributed by atoms with E-state index in [4.69, 9.17) is 9.47 Å². The number of nitrogens with zero attached hydrogens (tertiary/aromatic N) is 1.